The molecule has 0 saturated carbocycles. The molecule has 10 heavy (non-hydrogen) atoms. The molecule has 62 valence electrons. The zero-order chi connectivity index (χ0) is 7.11. The summed E-state index contributed by atoms with van der Waals surface area (Å²) in [5.74, 6) is 0. The summed E-state index contributed by atoms with van der Waals surface area (Å²) >= 11 is 0. The van der Waals surface area contributed by atoms with Crippen molar-refractivity contribution in [3.63, 3.8) is 0 Å². The Kier molecular flexibility index (Phi) is 9.84. The first-order valence-electron chi connectivity index (χ1n) is 3.11. The van der Waals surface area contributed by atoms with E-state index in [1.165, 1.54) is 0 Å². The largest absolute Gasteiger partial charge is 0.550 e. The Morgan fingerprint density at radius 2 is 2.10 bits per heavy atom. The molecule has 4 N–H and O–H groups in total. The first kappa shape index (κ1) is 12.0. The van der Waals surface area contributed by atoms with E-state index in [2.05, 4.69) is 4.74 Å². The highest BCUT2D eigenvalue weighted by Gasteiger charge is 1.83. The van der Waals surface area contributed by atoms with Crippen LogP contribution >= 0.6 is 0 Å². The molecule has 0 fully saturated rings. The van der Waals surface area contributed by atoms with Crippen LogP contribution < -0.4 is 11.3 Å². The average Bonchev–Trinajstić information content (AvgIpc) is 1.80. The molecule has 0 aromatic heterocycles. The van der Waals surface area contributed by atoms with E-state index in [1.807, 2.05) is 6.92 Å². The molecule has 0 heterocycles. The lowest BCUT2D eigenvalue weighted by Crippen LogP contribution is -2.23. The molecule has 0 aromatic carbocycles. The normalized spacial score (nSPS) is 8.10. The molecule has 0 amide bonds. The second-order valence-corrected chi connectivity index (χ2v) is 1.81. The fourth-order valence-corrected chi connectivity index (χ4v) is 0.508. The number of hydrogen-bond acceptors (Lipinski definition) is 3. The van der Waals surface area contributed by atoms with Gasteiger partial charge in [-0.3, -0.25) is 0 Å². The van der Waals surface area contributed by atoms with E-state index in [9.17, 15) is 9.90 Å². The SMILES string of the molecule is CCCCCOC(=O)[O-].[NH4+]. The minimum Gasteiger partial charge on any atom is -0.550 e. The Hall–Kier alpha value is -0.770. The number of carbonyl (C=O) groups excluding carboxylic acids is 1. The van der Waals surface area contributed by atoms with E-state index in [-0.39, 0.29) is 12.8 Å². The molecule has 0 atom stereocenters. The molecule has 4 heteroatoms. The van der Waals surface area contributed by atoms with Crippen molar-refractivity contribution >= 4 is 6.16 Å². The molecule has 0 saturated heterocycles. The lowest BCUT2D eigenvalue weighted by atomic mass is 10.3. The number of rotatable bonds is 4. The molecule has 0 aromatic rings. The van der Waals surface area contributed by atoms with Gasteiger partial charge < -0.3 is 20.8 Å². The topological polar surface area (TPSA) is 85.9 Å². The molecule has 0 aliphatic carbocycles. The van der Waals surface area contributed by atoms with Crippen LogP contribution in [0.5, 0.6) is 0 Å². The van der Waals surface area contributed by atoms with Crippen LogP contribution in [0.4, 0.5) is 4.79 Å². The van der Waals surface area contributed by atoms with Gasteiger partial charge in [0, 0.05) is 6.61 Å². The Morgan fingerprint density at radius 1 is 1.50 bits per heavy atom. The minimum absolute atomic E-state index is 0. The standard InChI is InChI=1S/C6H12O3.H3N/c1-2-3-4-5-9-6(7)8;/h2-5H2,1H3,(H,7,8);1H3. The van der Waals surface area contributed by atoms with E-state index in [0.717, 1.165) is 19.3 Å². The lowest BCUT2D eigenvalue weighted by molar-refractivity contribution is -0.282. The molecule has 0 aliphatic heterocycles. The van der Waals surface area contributed by atoms with Crippen LogP contribution in [0.2, 0.25) is 0 Å². The van der Waals surface area contributed by atoms with Gasteiger partial charge in [-0.15, -0.1) is 0 Å². The summed E-state index contributed by atoms with van der Waals surface area (Å²) in [4.78, 5) is 9.63. The highest BCUT2D eigenvalue weighted by molar-refractivity contribution is 5.53. The van der Waals surface area contributed by atoms with Crippen LogP contribution in [0.1, 0.15) is 26.2 Å². The van der Waals surface area contributed by atoms with Crippen LogP contribution in [-0.4, -0.2) is 12.8 Å². The predicted octanol–water partition coefficient (Wildman–Crippen LogP) is 0.913. The lowest BCUT2D eigenvalue weighted by Gasteiger charge is -2.05. The maximum atomic E-state index is 9.63. The fourth-order valence-electron chi connectivity index (χ4n) is 0.508. The van der Waals surface area contributed by atoms with E-state index in [4.69, 9.17) is 0 Å². The van der Waals surface area contributed by atoms with Crippen molar-refractivity contribution in [1.29, 1.82) is 0 Å². The van der Waals surface area contributed by atoms with Crippen molar-refractivity contribution in [3.8, 4) is 0 Å². The third-order valence-corrected chi connectivity index (χ3v) is 0.968. The molecule has 4 nitrogen and oxygen atoms in total. The maximum absolute atomic E-state index is 9.63. The van der Waals surface area contributed by atoms with Gasteiger partial charge in [0.05, 0.1) is 0 Å². The molecule has 0 radical (unpaired) electrons. The average molecular weight is 149 g/mol. The van der Waals surface area contributed by atoms with Gasteiger partial charge in [-0.2, -0.15) is 0 Å². The summed E-state index contributed by atoms with van der Waals surface area (Å²) in [6.45, 7) is 2.31. The van der Waals surface area contributed by atoms with Crippen molar-refractivity contribution in [2.75, 3.05) is 6.61 Å². The van der Waals surface area contributed by atoms with Crippen LogP contribution in [0.15, 0.2) is 0 Å². The summed E-state index contributed by atoms with van der Waals surface area (Å²) in [5.41, 5.74) is 0. The van der Waals surface area contributed by atoms with Crippen molar-refractivity contribution in [2.45, 2.75) is 26.2 Å². The van der Waals surface area contributed by atoms with E-state index in [0.29, 0.717) is 0 Å². The number of hydrogen-bond donors (Lipinski definition) is 1. The first-order chi connectivity index (χ1) is 4.27. The Balaban J connectivity index is 0. The number of quaternary nitrogens is 1. The van der Waals surface area contributed by atoms with Crippen molar-refractivity contribution in [3.05, 3.63) is 0 Å². The number of carbonyl (C=O) groups is 1. The number of ether oxygens (including phenoxy) is 1. The van der Waals surface area contributed by atoms with Crippen LogP contribution in [0.25, 0.3) is 0 Å². The van der Waals surface area contributed by atoms with Crippen molar-refractivity contribution in [2.24, 2.45) is 0 Å². The van der Waals surface area contributed by atoms with Gasteiger partial charge in [0.25, 0.3) is 6.16 Å². The summed E-state index contributed by atoms with van der Waals surface area (Å²) in [7, 11) is 0. The highest BCUT2D eigenvalue weighted by atomic mass is 16.7. The molecular formula is C6H15NO3. The van der Waals surface area contributed by atoms with Crippen LogP contribution in [0.3, 0.4) is 0 Å². The number of unbranched alkanes of at least 4 members (excludes halogenated alkanes) is 2. The first-order valence-corrected chi connectivity index (χ1v) is 3.11. The van der Waals surface area contributed by atoms with Gasteiger partial charge in [0.2, 0.25) is 0 Å². The van der Waals surface area contributed by atoms with Gasteiger partial charge in [-0.25, -0.2) is 0 Å². The Bertz CT molecular complexity index is 85.1. The fraction of sp³-hybridized carbons (Fsp3) is 0.833. The smallest absolute Gasteiger partial charge is 0.251 e. The molecule has 0 aliphatic rings. The summed E-state index contributed by atoms with van der Waals surface area (Å²) in [6.07, 6.45) is 1.44. The van der Waals surface area contributed by atoms with Gasteiger partial charge in [-0.1, -0.05) is 19.8 Å². The van der Waals surface area contributed by atoms with Crippen molar-refractivity contribution in [1.82, 2.24) is 6.15 Å². The third kappa shape index (κ3) is 10.3. The van der Waals surface area contributed by atoms with Crippen LogP contribution in [-0.2, 0) is 4.74 Å². The summed E-state index contributed by atoms with van der Waals surface area (Å²) < 4.78 is 4.15. The van der Waals surface area contributed by atoms with Crippen LogP contribution in [0, 0.1) is 0 Å². The van der Waals surface area contributed by atoms with Gasteiger partial charge in [-0.05, 0) is 6.42 Å². The van der Waals surface area contributed by atoms with Gasteiger partial charge >= 0.3 is 0 Å². The van der Waals surface area contributed by atoms with Gasteiger partial charge in [0.1, 0.15) is 0 Å². The Labute approximate surface area is 60.8 Å². The summed E-state index contributed by atoms with van der Waals surface area (Å²) in [5, 5.41) is 9.63. The van der Waals surface area contributed by atoms with E-state index >= 15 is 0 Å². The van der Waals surface area contributed by atoms with E-state index < -0.39 is 6.16 Å². The quantitative estimate of drug-likeness (QED) is 0.476. The minimum atomic E-state index is -1.42. The second kappa shape index (κ2) is 8.23. The third-order valence-electron chi connectivity index (χ3n) is 0.968. The van der Waals surface area contributed by atoms with Gasteiger partial charge in [0.15, 0.2) is 0 Å². The summed E-state index contributed by atoms with van der Waals surface area (Å²) in [6, 6.07) is 0. The zero-order valence-electron chi connectivity index (χ0n) is 6.55. The second-order valence-electron chi connectivity index (χ2n) is 1.81. The van der Waals surface area contributed by atoms with E-state index in [1.54, 1.807) is 0 Å². The number of carboxylic acid groups (broad SMARTS) is 1. The molecular weight excluding hydrogens is 134 g/mol. The predicted molar refractivity (Wildman–Crippen MR) is 36.9 cm³/mol. The Morgan fingerprint density at radius 3 is 2.50 bits per heavy atom. The molecule has 0 bridgehead atoms. The molecule has 0 rings (SSSR count). The monoisotopic (exact) mass is 149 g/mol. The maximum Gasteiger partial charge on any atom is 0.251 e. The molecule has 0 spiro atoms. The molecule has 0 unspecified atom stereocenters. The highest BCUT2D eigenvalue weighted by Crippen LogP contribution is 1.92. The van der Waals surface area contributed by atoms with Crippen molar-refractivity contribution < 1.29 is 14.6 Å². The zero-order valence-corrected chi connectivity index (χ0v) is 6.55.